The number of likely N-dealkylation sites (tertiary alicyclic amines) is 1. The van der Waals surface area contributed by atoms with Crippen LogP contribution in [-0.2, 0) is 15.0 Å². The molecule has 9 heteroatoms. The van der Waals surface area contributed by atoms with Crippen LogP contribution in [0.4, 0.5) is 10.1 Å². The Morgan fingerprint density at radius 3 is 2.51 bits per heavy atom. The van der Waals surface area contributed by atoms with Gasteiger partial charge in [0.05, 0.1) is 11.1 Å². The van der Waals surface area contributed by atoms with Gasteiger partial charge < -0.3 is 10.0 Å². The first-order valence-electron chi connectivity index (χ1n) is 14.6. The minimum absolute atomic E-state index is 0.0935. The molecule has 41 heavy (non-hydrogen) atoms. The number of amides is 1. The van der Waals surface area contributed by atoms with Crippen molar-refractivity contribution in [2.45, 2.75) is 93.5 Å². The van der Waals surface area contributed by atoms with E-state index in [0.717, 1.165) is 56.9 Å². The highest BCUT2D eigenvalue weighted by molar-refractivity contribution is 6.31. The number of benzene rings is 2. The van der Waals surface area contributed by atoms with E-state index in [-0.39, 0.29) is 16.5 Å². The van der Waals surface area contributed by atoms with Crippen LogP contribution in [-0.4, -0.2) is 47.1 Å². The van der Waals surface area contributed by atoms with Gasteiger partial charge in [0, 0.05) is 35.1 Å². The van der Waals surface area contributed by atoms with Crippen molar-refractivity contribution in [1.29, 1.82) is 5.26 Å². The molecule has 3 aliphatic rings. The number of carbonyl (C=O) groups is 2. The smallest absolute Gasteiger partial charge is 0.321 e. The summed E-state index contributed by atoms with van der Waals surface area (Å²) in [6, 6.07) is 11.1. The minimum Gasteiger partial charge on any atom is -0.480 e. The number of aliphatic carboxylic acids is 1. The average Bonchev–Trinajstić information content (AvgIpc) is 3.32. The topological polar surface area (TPSA) is 84.6 Å². The molecule has 2 aromatic rings. The lowest BCUT2D eigenvalue weighted by Crippen LogP contribution is -2.61. The number of nitrogens with zero attached hydrogens (tertiary/aromatic N) is 3. The predicted molar refractivity (Wildman–Crippen MR) is 158 cm³/mol. The van der Waals surface area contributed by atoms with E-state index in [2.05, 4.69) is 6.07 Å². The number of unbranched alkanes of at least 4 members (excludes halogenated alkanes) is 5. The van der Waals surface area contributed by atoms with Crippen LogP contribution in [0.1, 0.15) is 87.7 Å². The Hall–Kier alpha value is -2.66. The summed E-state index contributed by atoms with van der Waals surface area (Å²) >= 11 is 12.8. The van der Waals surface area contributed by atoms with Crippen molar-refractivity contribution in [1.82, 2.24) is 4.90 Å². The van der Waals surface area contributed by atoms with Crippen molar-refractivity contribution in [3.05, 3.63) is 63.4 Å². The van der Waals surface area contributed by atoms with E-state index in [1.807, 2.05) is 11.0 Å². The zero-order valence-corrected chi connectivity index (χ0v) is 24.9. The fraction of sp³-hybridized carbons (Fsp3) is 0.531. The Bertz CT molecular complexity index is 1370. The highest BCUT2D eigenvalue weighted by atomic mass is 35.5. The Morgan fingerprint density at radius 1 is 1.10 bits per heavy atom. The molecule has 2 aromatic carbocycles. The van der Waals surface area contributed by atoms with E-state index in [1.54, 1.807) is 36.2 Å². The van der Waals surface area contributed by atoms with Gasteiger partial charge in [-0.15, -0.1) is 0 Å². The van der Waals surface area contributed by atoms with Crippen LogP contribution in [0.25, 0.3) is 0 Å². The highest BCUT2D eigenvalue weighted by Gasteiger charge is 2.76. The highest BCUT2D eigenvalue weighted by Crippen LogP contribution is 2.67. The van der Waals surface area contributed by atoms with Crippen LogP contribution < -0.4 is 4.90 Å². The van der Waals surface area contributed by atoms with E-state index in [4.69, 9.17) is 28.5 Å². The molecule has 0 bridgehead atoms. The molecule has 6 nitrogen and oxygen atoms in total. The van der Waals surface area contributed by atoms with Crippen molar-refractivity contribution >= 4 is 40.8 Å². The number of rotatable bonds is 9. The Balaban J connectivity index is 1.68. The van der Waals surface area contributed by atoms with Gasteiger partial charge in [-0.25, -0.2) is 4.39 Å². The largest absolute Gasteiger partial charge is 0.480 e. The SMILES string of the molecule is CN1[C@@H](C(=O)O)[C@H](c2cccc(Cl)c2F)[C@]2(C(=O)N(CCCCCCCC#N)c3cc(Cl)ccc32)C12CCCCC2. The van der Waals surface area contributed by atoms with Crippen LogP contribution in [0.15, 0.2) is 36.4 Å². The van der Waals surface area contributed by atoms with Crippen LogP contribution in [0, 0.1) is 17.1 Å². The number of hydrogen-bond donors (Lipinski definition) is 1. The van der Waals surface area contributed by atoms with Gasteiger partial charge in [0.1, 0.15) is 17.3 Å². The zero-order valence-electron chi connectivity index (χ0n) is 23.3. The molecule has 218 valence electrons. The molecule has 2 aliphatic heterocycles. The maximum atomic E-state index is 15.9. The first kappa shape index (κ1) is 29.8. The number of hydrogen-bond acceptors (Lipinski definition) is 4. The fourth-order valence-electron chi connectivity index (χ4n) is 8.13. The van der Waals surface area contributed by atoms with E-state index >= 15 is 9.18 Å². The second kappa shape index (κ2) is 11.9. The average molecular weight is 601 g/mol. The van der Waals surface area contributed by atoms with Crippen LogP contribution >= 0.6 is 23.2 Å². The third-order valence-electron chi connectivity index (χ3n) is 9.79. The molecule has 0 radical (unpaired) electrons. The molecule has 2 heterocycles. The number of carboxylic acids is 1. The fourth-order valence-corrected chi connectivity index (χ4v) is 8.47. The number of carboxylic acid groups (broad SMARTS) is 1. The lowest BCUT2D eigenvalue weighted by Gasteiger charge is -2.50. The standard InChI is InChI=1S/C32H36Cl2FN3O3/c1-37-28(29(39)40)26(22-12-11-13-24(34)27(22)35)32(31(37)16-7-6-8-17-31)23-15-14-21(33)20-25(23)38(30(32)41)19-10-5-3-2-4-9-18-36/h11-15,20,26,28H,2-10,16-17,19H2,1H3,(H,39,40)/t26-,28+,32+/m0/s1. The molecule has 1 aliphatic carbocycles. The van der Waals surface area contributed by atoms with Crippen molar-refractivity contribution in [3.8, 4) is 6.07 Å². The summed E-state index contributed by atoms with van der Waals surface area (Å²) in [5, 5.41) is 19.9. The first-order valence-corrected chi connectivity index (χ1v) is 15.4. The predicted octanol–water partition coefficient (Wildman–Crippen LogP) is 7.47. The summed E-state index contributed by atoms with van der Waals surface area (Å²) < 4.78 is 15.9. The minimum atomic E-state index is -1.33. The summed E-state index contributed by atoms with van der Waals surface area (Å²) in [6.07, 6.45) is 8.92. The third kappa shape index (κ3) is 4.63. The molecule has 2 fully saturated rings. The first-order chi connectivity index (χ1) is 19.7. The number of nitriles is 1. The Morgan fingerprint density at radius 2 is 1.80 bits per heavy atom. The second-order valence-corrected chi connectivity index (χ2v) is 12.6. The molecule has 0 unspecified atom stereocenters. The van der Waals surface area contributed by atoms with Crippen molar-refractivity contribution in [3.63, 3.8) is 0 Å². The summed E-state index contributed by atoms with van der Waals surface area (Å²) in [6.45, 7) is 0.453. The van der Waals surface area contributed by atoms with Gasteiger partial charge in [-0.05, 0) is 62.1 Å². The van der Waals surface area contributed by atoms with Gasteiger partial charge in [-0.3, -0.25) is 14.5 Å². The number of anilines is 1. The monoisotopic (exact) mass is 599 g/mol. The quantitative estimate of drug-likeness (QED) is 0.302. The van der Waals surface area contributed by atoms with E-state index < -0.39 is 34.7 Å². The maximum Gasteiger partial charge on any atom is 0.321 e. The molecule has 0 aromatic heterocycles. The van der Waals surface area contributed by atoms with Gasteiger partial charge in [-0.1, -0.05) is 79.9 Å². The van der Waals surface area contributed by atoms with Gasteiger partial charge in [0.15, 0.2) is 0 Å². The molecule has 2 spiro atoms. The molecule has 1 saturated heterocycles. The molecular formula is C32H36Cl2FN3O3. The van der Waals surface area contributed by atoms with E-state index in [0.29, 0.717) is 36.5 Å². The molecule has 3 atom stereocenters. The van der Waals surface area contributed by atoms with Crippen molar-refractivity contribution in [2.75, 3.05) is 18.5 Å². The zero-order chi connectivity index (χ0) is 29.4. The molecule has 1 saturated carbocycles. The summed E-state index contributed by atoms with van der Waals surface area (Å²) in [7, 11) is 1.79. The lowest BCUT2D eigenvalue weighted by atomic mass is 9.55. The second-order valence-electron chi connectivity index (χ2n) is 11.7. The van der Waals surface area contributed by atoms with Gasteiger partial charge in [-0.2, -0.15) is 5.26 Å². The normalized spacial score (nSPS) is 25.1. The molecule has 1 N–H and O–H groups in total. The third-order valence-corrected chi connectivity index (χ3v) is 10.3. The molecule has 1 amide bonds. The van der Waals surface area contributed by atoms with E-state index in [1.165, 1.54) is 6.07 Å². The lowest BCUT2D eigenvalue weighted by molar-refractivity contribution is -0.143. The molecular weight excluding hydrogens is 564 g/mol. The number of halogens is 3. The maximum absolute atomic E-state index is 15.9. The Kier molecular flexibility index (Phi) is 8.66. The number of carbonyl (C=O) groups excluding carboxylic acids is 1. The number of likely N-dealkylation sites (N-methyl/N-ethyl adjacent to an activating group) is 1. The van der Waals surface area contributed by atoms with Crippen molar-refractivity contribution < 1.29 is 19.1 Å². The Labute approximate surface area is 251 Å². The van der Waals surface area contributed by atoms with Crippen LogP contribution in [0.5, 0.6) is 0 Å². The van der Waals surface area contributed by atoms with Gasteiger partial charge in [0.25, 0.3) is 0 Å². The summed E-state index contributed by atoms with van der Waals surface area (Å²) in [4.78, 5) is 31.9. The van der Waals surface area contributed by atoms with Crippen LogP contribution in [0.3, 0.4) is 0 Å². The molecule has 5 rings (SSSR count). The van der Waals surface area contributed by atoms with Gasteiger partial charge in [0.2, 0.25) is 5.91 Å². The summed E-state index contributed by atoms with van der Waals surface area (Å²) in [5.41, 5.74) is -0.581. The summed E-state index contributed by atoms with van der Waals surface area (Å²) in [5.74, 6) is -2.94. The number of fused-ring (bicyclic) bond motifs is 3. The van der Waals surface area contributed by atoms with E-state index in [9.17, 15) is 9.90 Å². The van der Waals surface area contributed by atoms with Crippen molar-refractivity contribution in [2.24, 2.45) is 0 Å². The van der Waals surface area contributed by atoms with Crippen LogP contribution in [0.2, 0.25) is 10.0 Å². The van der Waals surface area contributed by atoms with Gasteiger partial charge >= 0.3 is 5.97 Å².